The number of primary amides is 1. The second-order valence-corrected chi connectivity index (χ2v) is 7.27. The molecule has 2 N–H and O–H groups in total. The molecule has 0 saturated carbocycles. The van der Waals surface area contributed by atoms with Crippen molar-refractivity contribution in [2.75, 3.05) is 0 Å². The van der Waals surface area contributed by atoms with Crippen LogP contribution in [-0.2, 0) is 0 Å². The average molecular weight is 422 g/mol. The first kappa shape index (κ1) is 20.7. The van der Waals surface area contributed by atoms with Gasteiger partial charge in [-0.1, -0.05) is 0 Å². The van der Waals surface area contributed by atoms with E-state index in [0.29, 0.717) is 16.0 Å². The van der Waals surface area contributed by atoms with E-state index in [-0.39, 0.29) is 5.69 Å². The Labute approximate surface area is 167 Å². The summed E-state index contributed by atoms with van der Waals surface area (Å²) in [5, 5.41) is -1.02. The van der Waals surface area contributed by atoms with Gasteiger partial charge in [0.25, 0.3) is 5.91 Å². The predicted octanol–water partition coefficient (Wildman–Crippen LogP) is 5.05. The number of carbonyl (C=O) groups is 1. The highest BCUT2D eigenvalue weighted by molar-refractivity contribution is 7.99. The molecule has 0 bridgehead atoms. The molecule has 1 aromatic heterocycles. The van der Waals surface area contributed by atoms with Crippen LogP contribution in [0.3, 0.4) is 0 Å². The lowest BCUT2D eigenvalue weighted by Crippen LogP contribution is -2.14. The lowest BCUT2D eigenvalue weighted by Gasteiger charge is -2.21. The third-order valence-corrected chi connectivity index (χ3v) is 5.46. The number of pyridine rings is 1. The van der Waals surface area contributed by atoms with Crippen LogP contribution in [0, 0.1) is 24.4 Å². The van der Waals surface area contributed by atoms with Crippen LogP contribution >= 0.6 is 11.8 Å². The molecule has 0 aliphatic carbocycles. The molecule has 0 fully saturated rings. The number of halogens is 4. The highest BCUT2D eigenvalue weighted by Gasteiger charge is 2.29. The van der Waals surface area contributed by atoms with Gasteiger partial charge in [-0.05, 0) is 60.5 Å². The van der Waals surface area contributed by atoms with Crippen molar-refractivity contribution in [1.82, 2.24) is 4.98 Å². The molecule has 0 radical (unpaired) electrons. The number of thioether (sulfide) groups is 1. The molecule has 1 amide bonds. The topological polar surface area (TPSA) is 65.2 Å². The van der Waals surface area contributed by atoms with E-state index in [4.69, 9.17) is 5.73 Å². The largest absolute Gasteiger partial charge is 0.364 e. The highest BCUT2D eigenvalue weighted by Crippen LogP contribution is 2.46. The van der Waals surface area contributed by atoms with E-state index in [2.05, 4.69) is 9.93 Å². The molecule has 3 aromatic rings. The molecular formula is C20H14F4N2O2S. The molecule has 1 atom stereocenters. The van der Waals surface area contributed by atoms with Crippen molar-refractivity contribution >= 4 is 17.7 Å². The SMILES string of the molecule is Cc1cc(C(N)=O)ncc1C(Sc1ccc(F)cc1)c1c(F)ccc(F)c1OF. The molecule has 2 aromatic carbocycles. The number of rotatable bonds is 6. The smallest absolute Gasteiger partial charge is 0.267 e. The van der Waals surface area contributed by atoms with Crippen LogP contribution in [0.5, 0.6) is 5.75 Å². The molecule has 0 aliphatic rings. The average Bonchev–Trinajstić information content (AvgIpc) is 2.69. The number of amides is 1. The number of aromatic nitrogens is 1. The van der Waals surface area contributed by atoms with E-state index in [9.17, 15) is 22.5 Å². The molecule has 4 nitrogen and oxygen atoms in total. The van der Waals surface area contributed by atoms with Gasteiger partial charge in [-0.3, -0.25) is 14.7 Å². The standard InChI is InChI=1S/C20H14F4N2O2S/c1-10-8-16(20(25)27)26-9-13(10)19(29-12-4-2-11(21)3-5-12)17-14(22)6-7-15(23)18(17)28-24/h2-9,19H,1H3,(H2,25,27). The first-order valence-corrected chi connectivity index (χ1v) is 9.14. The number of hydrogen-bond donors (Lipinski definition) is 1. The Kier molecular flexibility index (Phi) is 6.07. The van der Waals surface area contributed by atoms with Crippen molar-refractivity contribution in [3.63, 3.8) is 0 Å². The molecule has 9 heteroatoms. The summed E-state index contributed by atoms with van der Waals surface area (Å²) in [7, 11) is 0. The molecule has 29 heavy (non-hydrogen) atoms. The number of nitrogens with two attached hydrogens (primary N) is 1. The van der Waals surface area contributed by atoms with E-state index in [1.165, 1.54) is 36.5 Å². The summed E-state index contributed by atoms with van der Waals surface area (Å²) in [6.45, 7) is 1.62. The predicted molar refractivity (Wildman–Crippen MR) is 99.7 cm³/mol. The molecular weight excluding hydrogens is 408 g/mol. The third kappa shape index (κ3) is 4.34. The van der Waals surface area contributed by atoms with Gasteiger partial charge >= 0.3 is 0 Å². The molecule has 0 spiro atoms. The van der Waals surface area contributed by atoms with Crippen molar-refractivity contribution in [2.45, 2.75) is 17.1 Å². The van der Waals surface area contributed by atoms with Crippen molar-refractivity contribution in [3.8, 4) is 5.75 Å². The van der Waals surface area contributed by atoms with E-state index in [1.54, 1.807) is 6.92 Å². The fourth-order valence-electron chi connectivity index (χ4n) is 2.77. The normalized spacial score (nSPS) is 11.9. The molecule has 150 valence electrons. The Hall–Kier alpha value is -3.07. The minimum atomic E-state index is -1.09. The van der Waals surface area contributed by atoms with Crippen LogP contribution in [0.4, 0.5) is 17.7 Å². The summed E-state index contributed by atoms with van der Waals surface area (Å²) in [5.74, 6) is -4.13. The first-order chi connectivity index (χ1) is 13.8. The van der Waals surface area contributed by atoms with Gasteiger partial charge in [0.1, 0.15) is 17.3 Å². The quantitative estimate of drug-likeness (QED) is 0.446. The van der Waals surface area contributed by atoms with Crippen LogP contribution in [0.25, 0.3) is 0 Å². The zero-order chi connectivity index (χ0) is 21.1. The number of hydrogen-bond acceptors (Lipinski definition) is 4. The second kappa shape index (κ2) is 8.52. The first-order valence-electron chi connectivity index (χ1n) is 8.27. The maximum Gasteiger partial charge on any atom is 0.267 e. The summed E-state index contributed by atoms with van der Waals surface area (Å²) in [6, 6.07) is 8.29. The van der Waals surface area contributed by atoms with E-state index in [0.717, 1.165) is 23.9 Å². The van der Waals surface area contributed by atoms with E-state index < -0.39 is 39.9 Å². The van der Waals surface area contributed by atoms with Gasteiger partial charge in [-0.15, -0.1) is 11.8 Å². The van der Waals surface area contributed by atoms with Crippen molar-refractivity contribution in [1.29, 1.82) is 0 Å². The van der Waals surface area contributed by atoms with Gasteiger partial charge in [-0.2, -0.15) is 0 Å². The number of benzene rings is 2. The molecule has 0 saturated heterocycles. The van der Waals surface area contributed by atoms with Crippen molar-refractivity contribution in [3.05, 3.63) is 88.5 Å². The van der Waals surface area contributed by atoms with Crippen LogP contribution in [0.15, 0.2) is 53.6 Å². The summed E-state index contributed by atoms with van der Waals surface area (Å²) in [4.78, 5) is 19.5. The Balaban J connectivity index is 2.19. The Morgan fingerprint density at radius 1 is 1.10 bits per heavy atom. The highest BCUT2D eigenvalue weighted by atomic mass is 32.2. The summed E-state index contributed by atoms with van der Waals surface area (Å²) in [6.07, 6.45) is 1.28. The minimum Gasteiger partial charge on any atom is -0.364 e. The Morgan fingerprint density at radius 3 is 2.34 bits per heavy atom. The van der Waals surface area contributed by atoms with Gasteiger partial charge in [0, 0.05) is 15.6 Å². The van der Waals surface area contributed by atoms with Gasteiger partial charge in [0.05, 0.1) is 10.8 Å². The number of nitrogens with zero attached hydrogens (tertiary/aromatic N) is 1. The molecule has 1 heterocycles. The Morgan fingerprint density at radius 2 is 1.76 bits per heavy atom. The van der Waals surface area contributed by atoms with Gasteiger partial charge < -0.3 is 5.73 Å². The Bertz CT molecular complexity index is 1060. The van der Waals surface area contributed by atoms with Crippen LogP contribution in [-0.4, -0.2) is 10.9 Å². The maximum absolute atomic E-state index is 14.7. The van der Waals surface area contributed by atoms with Gasteiger partial charge in [0.15, 0.2) is 5.82 Å². The molecule has 0 aliphatic heterocycles. The zero-order valence-corrected chi connectivity index (χ0v) is 15.8. The molecule has 1 unspecified atom stereocenters. The van der Waals surface area contributed by atoms with E-state index >= 15 is 0 Å². The number of aryl methyl sites for hydroxylation is 1. The minimum absolute atomic E-state index is 0.0153. The number of carbonyl (C=O) groups excluding carboxylic acids is 1. The fraction of sp³-hybridized carbons (Fsp3) is 0.100. The molecule has 3 rings (SSSR count). The second-order valence-electron chi connectivity index (χ2n) is 6.09. The van der Waals surface area contributed by atoms with Gasteiger partial charge in [-0.25, -0.2) is 13.2 Å². The van der Waals surface area contributed by atoms with Gasteiger partial charge in [0.2, 0.25) is 5.75 Å². The van der Waals surface area contributed by atoms with Crippen molar-refractivity contribution in [2.24, 2.45) is 5.73 Å². The van der Waals surface area contributed by atoms with Crippen LogP contribution < -0.4 is 10.7 Å². The lowest BCUT2D eigenvalue weighted by atomic mass is 9.99. The third-order valence-electron chi connectivity index (χ3n) is 4.19. The van der Waals surface area contributed by atoms with Crippen molar-refractivity contribution < 1.29 is 27.4 Å². The lowest BCUT2D eigenvalue weighted by molar-refractivity contribution is -0.0122. The van der Waals surface area contributed by atoms with E-state index in [1.807, 2.05) is 0 Å². The van der Waals surface area contributed by atoms with Crippen LogP contribution in [0.1, 0.15) is 32.4 Å². The summed E-state index contributed by atoms with van der Waals surface area (Å²) in [5.41, 5.74) is 5.68. The van der Waals surface area contributed by atoms with Crippen LogP contribution in [0.2, 0.25) is 0 Å². The maximum atomic E-state index is 14.7. The summed E-state index contributed by atoms with van der Waals surface area (Å²) < 4.78 is 55.1. The fourth-order valence-corrected chi connectivity index (χ4v) is 4.05. The monoisotopic (exact) mass is 422 g/mol. The summed E-state index contributed by atoms with van der Waals surface area (Å²) >= 11 is 1.01. The zero-order valence-electron chi connectivity index (χ0n) is 15.0.